The van der Waals surface area contributed by atoms with Gasteiger partial charge in [-0.15, -0.1) is 0 Å². The van der Waals surface area contributed by atoms with Crippen LogP contribution in [-0.2, 0) is 11.3 Å². The molecule has 3 aliphatic rings. The number of carbonyl (C=O) groups excluding carboxylic acids is 2. The molecule has 0 radical (unpaired) electrons. The van der Waals surface area contributed by atoms with Gasteiger partial charge in [0, 0.05) is 42.9 Å². The third-order valence-corrected chi connectivity index (χ3v) is 5.98. The zero-order valence-corrected chi connectivity index (χ0v) is 16.0. The first-order valence-electron chi connectivity index (χ1n) is 9.73. The first kappa shape index (κ1) is 18.8. The molecule has 2 aromatic rings. The number of likely N-dealkylation sites (tertiary alicyclic amines) is 1. The number of fused-ring (bicyclic) bond motifs is 5. The average Bonchev–Trinajstić information content (AvgIpc) is 2.73. The summed E-state index contributed by atoms with van der Waals surface area (Å²) in [7, 11) is 0. The minimum absolute atomic E-state index is 0.0299. The Kier molecular flexibility index (Phi) is 4.35. The van der Waals surface area contributed by atoms with Crippen LogP contribution in [0.1, 0.15) is 28.4 Å². The van der Waals surface area contributed by atoms with E-state index in [4.69, 9.17) is 4.74 Å². The van der Waals surface area contributed by atoms with E-state index in [0.29, 0.717) is 36.6 Å². The molecule has 1 unspecified atom stereocenters. The van der Waals surface area contributed by atoms with Gasteiger partial charge < -0.3 is 24.7 Å². The van der Waals surface area contributed by atoms with Crippen LogP contribution in [0.25, 0.3) is 0 Å². The Balaban J connectivity index is 1.41. The highest BCUT2D eigenvalue weighted by Gasteiger charge is 2.37. The number of carbonyl (C=O) groups is 2. The van der Waals surface area contributed by atoms with E-state index < -0.39 is 10.8 Å². The third-order valence-electron chi connectivity index (χ3n) is 5.98. The largest absolute Gasteiger partial charge is 0.595 e. The summed E-state index contributed by atoms with van der Waals surface area (Å²) < 4.78 is 6.89. The Morgan fingerprint density at radius 1 is 1.20 bits per heavy atom. The second-order valence-corrected chi connectivity index (χ2v) is 7.95. The molecule has 4 heterocycles. The number of rotatable bonds is 2. The Morgan fingerprint density at radius 2 is 2.03 bits per heavy atom. The fraction of sp³-hybridized carbons (Fsp3) is 0.350. The highest BCUT2D eigenvalue weighted by atomic mass is 16.8. The van der Waals surface area contributed by atoms with Crippen molar-refractivity contribution in [2.45, 2.75) is 18.9 Å². The smallest absolute Gasteiger partial charge is 0.315 e. The van der Waals surface area contributed by atoms with Gasteiger partial charge in [-0.05, 0) is 36.6 Å². The van der Waals surface area contributed by atoms with Crippen molar-refractivity contribution in [3.05, 3.63) is 57.2 Å². The minimum atomic E-state index is -1.23. The van der Waals surface area contributed by atoms with Crippen molar-refractivity contribution in [1.29, 1.82) is 0 Å². The molecular weight excluding hydrogens is 392 g/mol. The third kappa shape index (κ3) is 3.05. The lowest BCUT2D eigenvalue weighted by Crippen LogP contribution is -3.00. The second kappa shape index (κ2) is 6.94. The number of nitrogens with zero attached hydrogens (tertiary/aromatic N) is 2. The number of pyridine rings is 1. The highest BCUT2D eigenvalue weighted by Crippen LogP contribution is 2.36. The van der Waals surface area contributed by atoms with Gasteiger partial charge in [0.05, 0.1) is 5.69 Å². The summed E-state index contributed by atoms with van der Waals surface area (Å²) in [5.41, 5.74) is 0.986. The van der Waals surface area contributed by atoms with Crippen LogP contribution in [0.5, 0.6) is 5.75 Å². The van der Waals surface area contributed by atoms with Gasteiger partial charge in [0.2, 0.25) is 5.69 Å². The fourth-order valence-corrected chi connectivity index (χ4v) is 4.67. The zero-order valence-electron chi connectivity index (χ0n) is 16.0. The molecule has 1 aromatic heterocycles. The summed E-state index contributed by atoms with van der Waals surface area (Å²) in [5.74, 6) is 0.164. The predicted octanol–water partition coefficient (Wildman–Crippen LogP) is -0.158. The van der Waals surface area contributed by atoms with E-state index >= 15 is 0 Å². The lowest BCUT2D eigenvalue weighted by molar-refractivity contribution is -0.992. The Labute approximate surface area is 170 Å². The topological polar surface area (TPSA) is 128 Å². The molecule has 1 fully saturated rings. The number of hydrogen-bond acceptors (Lipinski definition) is 6. The van der Waals surface area contributed by atoms with E-state index in [1.54, 1.807) is 33.7 Å². The van der Waals surface area contributed by atoms with Gasteiger partial charge in [0.15, 0.2) is 6.61 Å². The van der Waals surface area contributed by atoms with Crippen LogP contribution in [0.4, 0.5) is 11.4 Å². The first-order valence-corrected chi connectivity index (χ1v) is 9.73. The normalized spacial score (nSPS) is 23.0. The van der Waals surface area contributed by atoms with Crippen molar-refractivity contribution < 1.29 is 24.8 Å². The molecule has 30 heavy (non-hydrogen) atoms. The van der Waals surface area contributed by atoms with Crippen LogP contribution in [0.3, 0.4) is 0 Å². The Bertz CT molecular complexity index is 1110. The average molecular weight is 412 g/mol. The summed E-state index contributed by atoms with van der Waals surface area (Å²) in [4.78, 5) is 39.0. The van der Waals surface area contributed by atoms with E-state index in [1.807, 2.05) is 0 Å². The molecule has 0 saturated carbocycles. The molecule has 3 N–H and O–H groups in total. The van der Waals surface area contributed by atoms with Gasteiger partial charge in [0.1, 0.15) is 5.75 Å². The van der Waals surface area contributed by atoms with Gasteiger partial charge in [-0.25, -0.2) is 5.21 Å². The van der Waals surface area contributed by atoms with Crippen LogP contribution in [0, 0.1) is 11.1 Å². The molecule has 0 spiro atoms. The summed E-state index contributed by atoms with van der Waals surface area (Å²) >= 11 is 0. The molecule has 5 rings (SSSR count). The van der Waals surface area contributed by atoms with E-state index in [9.17, 15) is 24.8 Å². The lowest BCUT2D eigenvalue weighted by atomic mass is 9.83. The molecule has 2 amide bonds. The quantitative estimate of drug-likeness (QED) is 0.588. The molecule has 1 aromatic carbocycles. The van der Waals surface area contributed by atoms with Crippen LogP contribution in [0.15, 0.2) is 35.1 Å². The van der Waals surface area contributed by atoms with Gasteiger partial charge in [-0.3, -0.25) is 14.4 Å². The van der Waals surface area contributed by atoms with Crippen molar-refractivity contribution in [3.63, 3.8) is 0 Å². The van der Waals surface area contributed by atoms with Crippen LogP contribution >= 0.6 is 0 Å². The van der Waals surface area contributed by atoms with Crippen LogP contribution < -0.4 is 20.8 Å². The molecule has 0 aliphatic carbocycles. The predicted molar refractivity (Wildman–Crippen MR) is 104 cm³/mol. The van der Waals surface area contributed by atoms with Crippen LogP contribution in [0.2, 0.25) is 0 Å². The van der Waals surface area contributed by atoms with Gasteiger partial charge in [-0.1, -0.05) is 0 Å². The lowest BCUT2D eigenvalue weighted by Gasteiger charge is -2.42. The van der Waals surface area contributed by atoms with E-state index in [0.717, 1.165) is 12.1 Å². The van der Waals surface area contributed by atoms with Crippen molar-refractivity contribution in [3.8, 4) is 5.75 Å². The highest BCUT2D eigenvalue weighted by molar-refractivity contribution is 6.00. The number of piperidine rings is 1. The van der Waals surface area contributed by atoms with Crippen molar-refractivity contribution in [2.75, 3.05) is 25.0 Å². The summed E-state index contributed by atoms with van der Waals surface area (Å²) in [6.07, 6.45) is 0.851. The number of aromatic nitrogens is 1. The van der Waals surface area contributed by atoms with Gasteiger partial charge >= 0.3 is 5.56 Å². The molecule has 1 saturated heterocycles. The van der Waals surface area contributed by atoms with Crippen molar-refractivity contribution in [1.82, 2.24) is 9.47 Å². The zero-order chi connectivity index (χ0) is 21.0. The number of benzene rings is 1. The summed E-state index contributed by atoms with van der Waals surface area (Å²) in [6, 6.07) is 8.02. The molecule has 3 aliphatic heterocycles. The number of amides is 2. The maximum absolute atomic E-state index is 13.1. The van der Waals surface area contributed by atoms with Crippen LogP contribution in [-0.4, -0.2) is 46.2 Å². The molecule has 156 valence electrons. The van der Waals surface area contributed by atoms with Gasteiger partial charge in [0.25, 0.3) is 11.8 Å². The second-order valence-electron chi connectivity index (χ2n) is 7.95. The number of ether oxygens (including phenoxy) is 1. The number of anilines is 1. The van der Waals surface area contributed by atoms with Crippen molar-refractivity contribution in [2.24, 2.45) is 5.92 Å². The minimum Gasteiger partial charge on any atom is -0.595 e. The number of hydrogen-bond donors (Lipinski definition) is 3. The molecule has 10 heteroatoms. The molecule has 2 bridgehead atoms. The summed E-state index contributed by atoms with van der Waals surface area (Å²) in [5, 5.41) is 22.0. The molecule has 10 nitrogen and oxygen atoms in total. The number of quaternary nitrogens is 1. The maximum atomic E-state index is 13.1. The molecule has 3 atom stereocenters. The van der Waals surface area contributed by atoms with Gasteiger partial charge in [-0.2, -0.15) is 5.23 Å². The SMILES string of the molecule is O=C1COc2ccc(C(=O)N3C[C@@H]4C[C@@H](C3)c3ccc([NH+]([O-])O)c(=O)n3C4)cc2N1. The summed E-state index contributed by atoms with van der Waals surface area (Å²) in [6.45, 7) is 1.28. The maximum Gasteiger partial charge on any atom is 0.315 e. The Hall–Kier alpha value is -3.21. The molecular formula is C20H20N4O6. The Morgan fingerprint density at radius 3 is 2.83 bits per heavy atom. The monoisotopic (exact) mass is 412 g/mol. The number of nitrogens with one attached hydrogen (secondary N) is 2. The van der Waals surface area contributed by atoms with Crippen molar-refractivity contribution >= 4 is 23.2 Å². The fourth-order valence-electron chi connectivity index (χ4n) is 4.67. The van der Waals surface area contributed by atoms with E-state index in [-0.39, 0.29) is 35.9 Å². The van der Waals surface area contributed by atoms with E-state index in [2.05, 4.69) is 5.32 Å². The first-order chi connectivity index (χ1) is 14.4. The van der Waals surface area contributed by atoms with E-state index in [1.165, 1.54) is 6.07 Å². The standard InChI is InChI=1S/C20H20N4O6/c25-18-10-30-17-4-1-12(6-14(17)21-18)19(26)22-7-11-5-13(9-22)15-2-3-16(24(28)29)20(27)23(15)8-11/h1-4,6,11,13,24,28H,5,7-10H2,(H,21,25)/t11-,13-/m0/s1.